The molecule has 4 nitrogen and oxygen atoms in total. The zero-order valence-electron chi connectivity index (χ0n) is 13.2. The lowest BCUT2D eigenvalue weighted by atomic mass is 9.90. The van der Waals surface area contributed by atoms with Gasteiger partial charge in [0, 0.05) is 6.20 Å². The molecule has 1 rings (SSSR count). The summed E-state index contributed by atoms with van der Waals surface area (Å²) in [6, 6.07) is 4.22. The summed E-state index contributed by atoms with van der Waals surface area (Å²) in [4.78, 5) is 15.9. The van der Waals surface area contributed by atoms with Gasteiger partial charge in [-0.3, -0.25) is 4.79 Å². The summed E-state index contributed by atoms with van der Waals surface area (Å²) >= 11 is 1.03. The second-order valence-electron chi connectivity index (χ2n) is 5.60. The van der Waals surface area contributed by atoms with Crippen LogP contribution in [-0.4, -0.2) is 21.7 Å². The van der Waals surface area contributed by atoms with Crippen molar-refractivity contribution in [1.29, 1.82) is 5.26 Å². The molecule has 0 aromatic carbocycles. The average molecular weight is 345 g/mol. The molecule has 1 aromatic heterocycles. The fourth-order valence-corrected chi connectivity index (χ4v) is 2.30. The highest BCUT2D eigenvalue weighted by Gasteiger charge is 2.32. The molecule has 0 unspecified atom stereocenters. The molecule has 0 spiro atoms. The van der Waals surface area contributed by atoms with Crippen LogP contribution in [-0.2, 0) is 11.0 Å². The number of rotatable bonds is 5. The number of pyridine rings is 1. The maximum atomic E-state index is 12.5. The molecule has 1 heterocycles. The van der Waals surface area contributed by atoms with Crippen molar-refractivity contribution >= 4 is 17.7 Å². The van der Waals surface area contributed by atoms with Crippen molar-refractivity contribution in [3.05, 3.63) is 23.9 Å². The Balaban J connectivity index is 2.74. The molecule has 8 heteroatoms. The van der Waals surface area contributed by atoms with E-state index in [0.717, 1.165) is 24.0 Å². The largest absolute Gasteiger partial charge is 0.417 e. The van der Waals surface area contributed by atoms with Crippen molar-refractivity contribution in [1.82, 2.24) is 10.3 Å². The zero-order valence-corrected chi connectivity index (χ0v) is 14.0. The van der Waals surface area contributed by atoms with Gasteiger partial charge in [-0.05, 0) is 31.9 Å². The zero-order chi connectivity index (χ0) is 17.8. The third kappa shape index (κ3) is 5.13. The molecule has 0 bridgehead atoms. The van der Waals surface area contributed by atoms with Crippen molar-refractivity contribution in [3.63, 3.8) is 0 Å². The predicted octanol–water partition coefficient (Wildman–Crippen LogP) is 3.64. The topological polar surface area (TPSA) is 65.8 Å². The molecule has 0 aliphatic heterocycles. The van der Waals surface area contributed by atoms with Gasteiger partial charge in [0.1, 0.15) is 5.54 Å². The van der Waals surface area contributed by atoms with Crippen LogP contribution in [0.3, 0.4) is 0 Å². The van der Waals surface area contributed by atoms with Crippen LogP contribution in [0.5, 0.6) is 0 Å². The van der Waals surface area contributed by atoms with E-state index in [0.29, 0.717) is 5.03 Å². The minimum absolute atomic E-state index is 0.0853. The number of hydrogen-bond donors (Lipinski definition) is 1. The predicted molar refractivity (Wildman–Crippen MR) is 81.6 cm³/mol. The van der Waals surface area contributed by atoms with Gasteiger partial charge in [0.15, 0.2) is 0 Å². The first-order valence-corrected chi connectivity index (χ1v) is 7.80. The fourth-order valence-electron chi connectivity index (χ4n) is 1.51. The lowest BCUT2D eigenvalue weighted by molar-refractivity contribution is -0.137. The molecule has 1 N–H and O–H groups in total. The lowest BCUT2D eigenvalue weighted by Crippen LogP contribution is -2.51. The molecule has 0 saturated heterocycles. The van der Waals surface area contributed by atoms with Gasteiger partial charge in [-0.2, -0.15) is 18.4 Å². The minimum atomic E-state index is -4.44. The van der Waals surface area contributed by atoms with E-state index in [9.17, 15) is 23.2 Å². The quantitative estimate of drug-likeness (QED) is 0.828. The number of hydrogen-bond acceptors (Lipinski definition) is 4. The summed E-state index contributed by atoms with van der Waals surface area (Å²) in [6.07, 6.45) is -3.70. The first-order valence-electron chi connectivity index (χ1n) is 6.93. The average Bonchev–Trinajstić information content (AvgIpc) is 2.46. The molecule has 0 aliphatic rings. The smallest absolute Gasteiger partial charge is 0.337 e. The van der Waals surface area contributed by atoms with Crippen molar-refractivity contribution in [2.45, 2.75) is 49.7 Å². The molecule has 23 heavy (non-hydrogen) atoms. The Morgan fingerprint density at radius 1 is 1.35 bits per heavy atom. The highest BCUT2D eigenvalue weighted by atomic mass is 32.2. The van der Waals surface area contributed by atoms with Crippen molar-refractivity contribution < 1.29 is 18.0 Å². The monoisotopic (exact) mass is 345 g/mol. The highest BCUT2D eigenvalue weighted by Crippen LogP contribution is 2.30. The van der Waals surface area contributed by atoms with Gasteiger partial charge in [0.2, 0.25) is 5.91 Å². The van der Waals surface area contributed by atoms with Gasteiger partial charge >= 0.3 is 6.18 Å². The summed E-state index contributed by atoms with van der Waals surface area (Å²) in [7, 11) is 0. The molecule has 0 saturated carbocycles. The number of aromatic nitrogens is 1. The van der Waals surface area contributed by atoms with E-state index < -0.39 is 22.5 Å². The number of nitrogens with one attached hydrogen (secondary N) is 1. The summed E-state index contributed by atoms with van der Waals surface area (Å²) in [5.41, 5.74) is -1.84. The number of halogens is 3. The van der Waals surface area contributed by atoms with E-state index in [4.69, 9.17) is 0 Å². The SMILES string of the molecule is CC(C)[C@@](C)(C#N)NC(=O)[C@@H](C)Sc1ccc(C(F)(F)F)cn1. The second-order valence-corrected chi connectivity index (χ2v) is 6.96. The number of nitriles is 1. The van der Waals surface area contributed by atoms with Crippen molar-refractivity contribution in [3.8, 4) is 6.07 Å². The van der Waals surface area contributed by atoms with Gasteiger partial charge in [0.05, 0.1) is 21.9 Å². The highest BCUT2D eigenvalue weighted by molar-refractivity contribution is 8.00. The van der Waals surface area contributed by atoms with Crippen LogP contribution < -0.4 is 5.32 Å². The number of nitrogens with zero attached hydrogens (tertiary/aromatic N) is 2. The Kier molecular flexibility index (Phi) is 6.05. The number of carbonyl (C=O) groups is 1. The van der Waals surface area contributed by atoms with Crippen LogP contribution in [0.25, 0.3) is 0 Å². The molecule has 2 atom stereocenters. The number of alkyl halides is 3. The third-order valence-electron chi connectivity index (χ3n) is 3.50. The molecular formula is C15H18F3N3OS. The summed E-state index contributed by atoms with van der Waals surface area (Å²) < 4.78 is 37.4. The van der Waals surface area contributed by atoms with Crippen LogP contribution in [0.2, 0.25) is 0 Å². The van der Waals surface area contributed by atoms with Crippen LogP contribution in [0.1, 0.15) is 33.3 Å². The molecule has 126 valence electrons. The molecular weight excluding hydrogens is 327 g/mol. The lowest BCUT2D eigenvalue weighted by Gasteiger charge is -2.28. The normalized spacial score (nSPS) is 15.6. The van der Waals surface area contributed by atoms with Crippen LogP contribution in [0.15, 0.2) is 23.4 Å². The number of amides is 1. The van der Waals surface area contributed by atoms with Gasteiger partial charge in [-0.15, -0.1) is 0 Å². The summed E-state index contributed by atoms with van der Waals surface area (Å²) in [6.45, 7) is 6.87. The van der Waals surface area contributed by atoms with E-state index in [-0.39, 0.29) is 11.8 Å². The minimum Gasteiger partial charge on any atom is -0.337 e. The molecule has 1 aromatic rings. The standard InChI is InChI=1S/C15H18F3N3OS/c1-9(2)14(4,8-19)21-13(22)10(3)23-12-6-5-11(7-20-12)15(16,17)18/h5-7,9-10H,1-4H3,(H,21,22)/t10-,14-/m1/s1. The molecule has 0 radical (unpaired) electrons. The van der Waals surface area contributed by atoms with Gasteiger partial charge in [-0.25, -0.2) is 4.98 Å². The van der Waals surface area contributed by atoms with Gasteiger partial charge < -0.3 is 5.32 Å². The Morgan fingerprint density at radius 3 is 2.35 bits per heavy atom. The molecule has 0 fully saturated rings. The first kappa shape index (κ1) is 19.3. The Labute approximate surface area is 137 Å². The second kappa shape index (κ2) is 7.21. The summed E-state index contributed by atoms with van der Waals surface area (Å²) in [5, 5.41) is 11.6. The van der Waals surface area contributed by atoms with Crippen LogP contribution in [0.4, 0.5) is 13.2 Å². The summed E-state index contributed by atoms with van der Waals surface area (Å²) in [5.74, 6) is -0.452. The van der Waals surface area contributed by atoms with Gasteiger partial charge in [0.25, 0.3) is 0 Å². The van der Waals surface area contributed by atoms with Crippen LogP contribution >= 0.6 is 11.8 Å². The van der Waals surface area contributed by atoms with Gasteiger partial charge in [-0.1, -0.05) is 25.6 Å². The Bertz CT molecular complexity index is 595. The van der Waals surface area contributed by atoms with E-state index in [1.165, 1.54) is 6.07 Å². The van der Waals surface area contributed by atoms with Crippen molar-refractivity contribution in [2.75, 3.05) is 0 Å². The first-order chi connectivity index (χ1) is 10.5. The molecule has 1 amide bonds. The fraction of sp³-hybridized carbons (Fsp3) is 0.533. The van der Waals surface area contributed by atoms with E-state index in [1.807, 2.05) is 13.8 Å². The maximum Gasteiger partial charge on any atom is 0.417 e. The Morgan fingerprint density at radius 2 is 1.96 bits per heavy atom. The van der Waals surface area contributed by atoms with Crippen LogP contribution in [0, 0.1) is 17.2 Å². The Hall–Kier alpha value is -1.75. The maximum absolute atomic E-state index is 12.5. The number of carbonyl (C=O) groups excluding carboxylic acids is 1. The van der Waals surface area contributed by atoms with E-state index in [1.54, 1.807) is 13.8 Å². The van der Waals surface area contributed by atoms with E-state index in [2.05, 4.69) is 16.4 Å². The molecule has 0 aliphatic carbocycles. The van der Waals surface area contributed by atoms with E-state index >= 15 is 0 Å². The number of thioether (sulfide) groups is 1. The van der Waals surface area contributed by atoms with Crippen molar-refractivity contribution in [2.24, 2.45) is 5.92 Å². The third-order valence-corrected chi connectivity index (χ3v) is 4.55.